The van der Waals surface area contributed by atoms with E-state index < -0.39 is 17.2 Å². The SMILES string of the molecule is C[C@@H]1CC2=CC(=O)CCC2=C2CC[C@@]3(C)[C@@H](CC[C@@]3(O)C(F)(F)F)[C@@H]21. The van der Waals surface area contributed by atoms with Crippen LogP contribution >= 0.6 is 0 Å². The number of halogens is 3. The number of carbonyl (C=O) groups excluding carboxylic acids is 1. The van der Waals surface area contributed by atoms with E-state index in [1.54, 1.807) is 13.0 Å². The number of hydrogen-bond acceptors (Lipinski definition) is 2. The zero-order chi connectivity index (χ0) is 18.2. The second-order valence-corrected chi connectivity index (χ2v) is 8.77. The number of hydrogen-bond donors (Lipinski definition) is 1. The van der Waals surface area contributed by atoms with E-state index in [-0.39, 0.29) is 30.0 Å². The van der Waals surface area contributed by atoms with Gasteiger partial charge in [0.2, 0.25) is 0 Å². The minimum atomic E-state index is -4.58. The molecule has 4 aliphatic rings. The molecule has 2 fully saturated rings. The predicted octanol–water partition coefficient (Wildman–Crippen LogP) is 4.73. The van der Waals surface area contributed by atoms with Gasteiger partial charge in [-0.3, -0.25) is 4.79 Å². The topological polar surface area (TPSA) is 37.3 Å². The average Bonchev–Trinajstić information content (AvgIpc) is 2.79. The van der Waals surface area contributed by atoms with E-state index in [1.807, 2.05) is 0 Å². The average molecular weight is 354 g/mol. The van der Waals surface area contributed by atoms with Crippen molar-refractivity contribution in [2.24, 2.45) is 23.2 Å². The second-order valence-electron chi connectivity index (χ2n) is 8.77. The van der Waals surface area contributed by atoms with Gasteiger partial charge in [-0.25, -0.2) is 0 Å². The molecular formula is C20H25F3O2. The molecule has 0 unspecified atom stereocenters. The van der Waals surface area contributed by atoms with E-state index in [1.165, 1.54) is 11.1 Å². The standard InChI is InChI=1S/C20H25F3O2/c1-11-9-12-10-13(24)3-4-14(12)15-5-7-18(2)16(17(11)15)6-8-19(18,25)20(21,22)23/h10-11,16-17,25H,3-9H2,1-2H3/t11-,16+,17-,18+,19+/m1/s1. The van der Waals surface area contributed by atoms with Gasteiger partial charge in [-0.1, -0.05) is 19.4 Å². The monoisotopic (exact) mass is 354 g/mol. The summed E-state index contributed by atoms with van der Waals surface area (Å²) in [5.41, 5.74) is -0.0413. The highest BCUT2D eigenvalue weighted by Crippen LogP contribution is 2.67. The summed E-state index contributed by atoms with van der Waals surface area (Å²) in [5, 5.41) is 10.6. The molecule has 5 heteroatoms. The largest absolute Gasteiger partial charge is 0.417 e. The third-order valence-electron chi connectivity index (χ3n) is 7.69. The van der Waals surface area contributed by atoms with Crippen molar-refractivity contribution in [3.8, 4) is 0 Å². The van der Waals surface area contributed by atoms with Gasteiger partial charge in [0.25, 0.3) is 0 Å². The maximum absolute atomic E-state index is 13.7. The van der Waals surface area contributed by atoms with E-state index in [2.05, 4.69) is 6.92 Å². The van der Waals surface area contributed by atoms with Crippen LogP contribution < -0.4 is 0 Å². The van der Waals surface area contributed by atoms with Crippen LogP contribution in [0.2, 0.25) is 0 Å². The molecule has 4 aliphatic carbocycles. The number of rotatable bonds is 0. The lowest BCUT2D eigenvalue weighted by Gasteiger charge is -2.53. The van der Waals surface area contributed by atoms with Gasteiger partial charge in [-0.05, 0) is 73.5 Å². The molecule has 0 radical (unpaired) electrons. The van der Waals surface area contributed by atoms with Gasteiger partial charge < -0.3 is 5.11 Å². The molecule has 2 saturated carbocycles. The third kappa shape index (κ3) is 2.17. The first-order valence-electron chi connectivity index (χ1n) is 9.33. The minimum Gasteiger partial charge on any atom is -0.380 e. The highest BCUT2D eigenvalue weighted by Gasteiger charge is 2.71. The molecule has 5 atom stereocenters. The van der Waals surface area contributed by atoms with Gasteiger partial charge in [0.15, 0.2) is 11.4 Å². The highest BCUT2D eigenvalue weighted by atomic mass is 19.4. The zero-order valence-electron chi connectivity index (χ0n) is 14.7. The summed E-state index contributed by atoms with van der Waals surface area (Å²) < 4.78 is 41.1. The van der Waals surface area contributed by atoms with Gasteiger partial charge in [0.05, 0.1) is 0 Å². The molecule has 2 nitrogen and oxygen atoms in total. The molecule has 0 aromatic rings. The Morgan fingerprint density at radius 2 is 1.92 bits per heavy atom. The first kappa shape index (κ1) is 17.3. The number of allylic oxidation sites excluding steroid dienone is 4. The molecule has 1 N–H and O–H groups in total. The summed E-state index contributed by atoms with van der Waals surface area (Å²) in [4.78, 5) is 11.8. The van der Waals surface area contributed by atoms with Crippen LogP contribution in [0.3, 0.4) is 0 Å². The Morgan fingerprint density at radius 3 is 2.60 bits per heavy atom. The third-order valence-corrected chi connectivity index (χ3v) is 7.69. The van der Waals surface area contributed by atoms with Crippen molar-refractivity contribution in [3.05, 3.63) is 22.8 Å². The maximum atomic E-state index is 13.7. The number of aliphatic hydroxyl groups is 1. The van der Waals surface area contributed by atoms with Crippen molar-refractivity contribution in [2.45, 2.75) is 70.6 Å². The predicted molar refractivity (Wildman–Crippen MR) is 87.7 cm³/mol. The Hall–Kier alpha value is -1.10. The Morgan fingerprint density at radius 1 is 1.20 bits per heavy atom. The molecule has 0 spiro atoms. The fraction of sp³-hybridized carbons (Fsp3) is 0.750. The number of alkyl halides is 3. The van der Waals surface area contributed by atoms with Crippen molar-refractivity contribution in [3.63, 3.8) is 0 Å². The summed E-state index contributed by atoms with van der Waals surface area (Å²) >= 11 is 0. The lowest BCUT2D eigenvalue weighted by molar-refractivity contribution is -0.299. The summed E-state index contributed by atoms with van der Waals surface area (Å²) in [5.74, 6) is 0.356. The summed E-state index contributed by atoms with van der Waals surface area (Å²) in [7, 11) is 0. The van der Waals surface area contributed by atoms with Crippen molar-refractivity contribution < 1.29 is 23.1 Å². The normalized spacial score (nSPS) is 44.2. The molecule has 138 valence electrons. The Balaban J connectivity index is 1.78. The van der Waals surface area contributed by atoms with Crippen LogP contribution in [-0.2, 0) is 4.79 Å². The molecule has 0 aliphatic heterocycles. The van der Waals surface area contributed by atoms with Crippen molar-refractivity contribution in [2.75, 3.05) is 0 Å². The van der Waals surface area contributed by atoms with Crippen LogP contribution in [0.4, 0.5) is 13.2 Å². The molecule has 0 saturated heterocycles. The van der Waals surface area contributed by atoms with Crippen LogP contribution in [0.5, 0.6) is 0 Å². The fourth-order valence-corrected chi connectivity index (χ4v) is 6.39. The van der Waals surface area contributed by atoms with Crippen LogP contribution in [-0.4, -0.2) is 22.7 Å². The molecule has 0 aromatic heterocycles. The zero-order valence-corrected chi connectivity index (χ0v) is 14.7. The molecular weight excluding hydrogens is 329 g/mol. The van der Waals surface area contributed by atoms with Crippen LogP contribution in [0.25, 0.3) is 0 Å². The van der Waals surface area contributed by atoms with Gasteiger partial charge in [0, 0.05) is 11.8 Å². The molecule has 0 bridgehead atoms. The molecule has 0 amide bonds. The minimum absolute atomic E-state index is 0.107. The van der Waals surface area contributed by atoms with E-state index >= 15 is 0 Å². The van der Waals surface area contributed by atoms with E-state index in [4.69, 9.17) is 0 Å². The van der Waals surface area contributed by atoms with Crippen molar-refractivity contribution in [1.29, 1.82) is 0 Å². The van der Waals surface area contributed by atoms with Gasteiger partial charge in [-0.2, -0.15) is 13.2 Å². The van der Waals surface area contributed by atoms with E-state index in [9.17, 15) is 23.1 Å². The lowest BCUT2D eigenvalue weighted by Crippen LogP contribution is -2.58. The highest BCUT2D eigenvalue weighted by molar-refractivity contribution is 5.93. The first-order chi connectivity index (χ1) is 11.6. The Kier molecular flexibility index (Phi) is 3.61. The van der Waals surface area contributed by atoms with Crippen molar-refractivity contribution in [1.82, 2.24) is 0 Å². The second kappa shape index (κ2) is 5.21. The first-order valence-corrected chi connectivity index (χ1v) is 9.33. The summed E-state index contributed by atoms with van der Waals surface area (Å²) in [6.07, 6.45) is 0.411. The summed E-state index contributed by atoms with van der Waals surface area (Å²) in [6.45, 7) is 3.75. The summed E-state index contributed by atoms with van der Waals surface area (Å²) in [6, 6.07) is 0. The number of fused-ring (bicyclic) bond motifs is 4. The Labute approximate surface area is 146 Å². The van der Waals surface area contributed by atoms with Crippen molar-refractivity contribution >= 4 is 5.78 Å². The molecule has 4 rings (SSSR count). The van der Waals surface area contributed by atoms with Gasteiger partial charge in [0.1, 0.15) is 0 Å². The molecule has 0 aromatic carbocycles. The molecule has 0 heterocycles. The maximum Gasteiger partial charge on any atom is 0.417 e. The van der Waals surface area contributed by atoms with Crippen LogP contribution in [0.1, 0.15) is 58.8 Å². The fourth-order valence-electron chi connectivity index (χ4n) is 6.39. The smallest absolute Gasteiger partial charge is 0.380 e. The molecule has 25 heavy (non-hydrogen) atoms. The number of carbonyl (C=O) groups is 1. The Bertz CT molecular complexity index is 690. The quantitative estimate of drug-likeness (QED) is 0.683. The van der Waals surface area contributed by atoms with E-state index in [0.29, 0.717) is 25.7 Å². The van der Waals surface area contributed by atoms with Gasteiger partial charge >= 0.3 is 6.18 Å². The van der Waals surface area contributed by atoms with Crippen LogP contribution in [0, 0.1) is 23.2 Å². The van der Waals surface area contributed by atoms with Gasteiger partial charge in [-0.15, -0.1) is 0 Å². The number of ketones is 1. The van der Waals surface area contributed by atoms with E-state index in [0.717, 1.165) is 18.4 Å². The van der Waals surface area contributed by atoms with Crippen LogP contribution in [0.15, 0.2) is 22.8 Å². The lowest BCUT2D eigenvalue weighted by atomic mass is 9.52.